The molecule has 0 atom stereocenters. The fourth-order valence-corrected chi connectivity index (χ4v) is 6.04. The second kappa shape index (κ2) is 10.2. The van der Waals surface area contributed by atoms with Crippen LogP contribution in [-0.2, 0) is 20.8 Å². The van der Waals surface area contributed by atoms with Crippen molar-refractivity contribution >= 4 is 40.7 Å². The molecule has 8 heteroatoms. The van der Waals surface area contributed by atoms with E-state index in [4.69, 9.17) is 0 Å². The lowest BCUT2D eigenvalue weighted by atomic mass is 9.94. The van der Waals surface area contributed by atoms with Crippen LogP contribution in [-0.4, -0.2) is 47.2 Å². The highest BCUT2D eigenvalue weighted by Gasteiger charge is 2.33. The van der Waals surface area contributed by atoms with Gasteiger partial charge in [0.1, 0.15) is 5.82 Å². The lowest BCUT2D eigenvalue weighted by Crippen LogP contribution is -2.44. The lowest BCUT2D eigenvalue weighted by Gasteiger charge is -2.33. The van der Waals surface area contributed by atoms with Gasteiger partial charge in [-0.15, -0.1) is 0 Å². The van der Waals surface area contributed by atoms with Gasteiger partial charge in [0, 0.05) is 55.1 Å². The first-order valence-corrected chi connectivity index (χ1v) is 13.6. The van der Waals surface area contributed by atoms with Gasteiger partial charge in [0.05, 0.1) is 11.3 Å². The Morgan fingerprint density at radius 3 is 2.59 bits per heavy atom. The molecule has 1 aromatic heterocycles. The van der Waals surface area contributed by atoms with Crippen molar-refractivity contribution in [3.63, 3.8) is 0 Å². The molecule has 0 saturated carbocycles. The Kier molecular flexibility index (Phi) is 6.54. The first kappa shape index (κ1) is 25.1. The molecule has 4 heterocycles. The van der Waals surface area contributed by atoms with Gasteiger partial charge in [-0.25, -0.2) is 4.39 Å². The van der Waals surface area contributed by atoms with Crippen molar-refractivity contribution in [2.45, 2.75) is 39.0 Å². The van der Waals surface area contributed by atoms with Crippen LogP contribution in [0.5, 0.6) is 0 Å². The van der Waals surface area contributed by atoms with Crippen molar-refractivity contribution in [1.82, 2.24) is 9.88 Å². The van der Waals surface area contributed by atoms with E-state index in [1.54, 1.807) is 17.9 Å². The second-order valence-electron chi connectivity index (χ2n) is 10.6. The number of rotatable bonds is 3. The van der Waals surface area contributed by atoms with E-state index in [9.17, 15) is 18.8 Å². The van der Waals surface area contributed by atoms with Gasteiger partial charge in [0.25, 0.3) is 5.91 Å². The zero-order valence-electron chi connectivity index (χ0n) is 21.9. The Morgan fingerprint density at radius 2 is 1.82 bits per heavy atom. The Morgan fingerprint density at radius 1 is 1.03 bits per heavy atom. The largest absolute Gasteiger partial charge is 0.357 e. The van der Waals surface area contributed by atoms with Crippen LogP contribution < -0.4 is 10.2 Å². The predicted octanol–water partition coefficient (Wildman–Crippen LogP) is 5.24. The number of aryl methyl sites for hydroxylation is 1. The number of nitrogens with zero attached hydrogens (tertiary/aromatic N) is 2. The van der Waals surface area contributed by atoms with E-state index in [1.807, 2.05) is 41.3 Å². The highest BCUT2D eigenvalue weighted by atomic mass is 19.1. The number of carbonyl (C=O) groups excluding carboxylic acids is 3. The molecule has 7 nitrogen and oxygen atoms in total. The molecule has 0 spiro atoms. The van der Waals surface area contributed by atoms with Crippen LogP contribution in [0.4, 0.5) is 15.8 Å². The summed E-state index contributed by atoms with van der Waals surface area (Å²) in [7, 11) is 0. The molecule has 200 valence electrons. The molecule has 2 N–H and O–H groups in total. The van der Waals surface area contributed by atoms with Crippen LogP contribution in [0, 0.1) is 11.7 Å². The van der Waals surface area contributed by atoms with E-state index in [-0.39, 0.29) is 29.5 Å². The molecule has 2 aromatic carbocycles. The predicted molar refractivity (Wildman–Crippen MR) is 149 cm³/mol. The average Bonchev–Trinajstić information content (AvgIpc) is 3.41. The highest BCUT2D eigenvalue weighted by molar-refractivity contribution is 6.36. The van der Waals surface area contributed by atoms with E-state index < -0.39 is 0 Å². The fourth-order valence-electron chi connectivity index (χ4n) is 6.04. The van der Waals surface area contributed by atoms with Crippen molar-refractivity contribution in [2.24, 2.45) is 5.92 Å². The minimum atomic E-state index is -0.335. The number of anilines is 2. The quantitative estimate of drug-likeness (QED) is 0.458. The van der Waals surface area contributed by atoms with E-state index in [0.717, 1.165) is 47.5 Å². The summed E-state index contributed by atoms with van der Waals surface area (Å²) < 4.78 is 14.0. The number of carbonyl (C=O) groups is 3. The lowest BCUT2D eigenvalue weighted by molar-refractivity contribution is -0.133. The third kappa shape index (κ3) is 4.75. The second-order valence-corrected chi connectivity index (χ2v) is 10.6. The molecule has 0 unspecified atom stereocenters. The SMILES string of the molecule is CC(=O)N1CCC(C(=O)N2CCCCc3[nH]c(C=C4C(=O)Nc5cccc(-c6cccc(F)c6)c54)cc32)CC1. The smallest absolute Gasteiger partial charge is 0.256 e. The minimum absolute atomic E-state index is 0.0550. The normalized spacial score (nSPS) is 18.5. The summed E-state index contributed by atoms with van der Waals surface area (Å²) in [5, 5.41) is 2.94. The van der Waals surface area contributed by atoms with Gasteiger partial charge in [-0.05, 0) is 73.6 Å². The average molecular weight is 527 g/mol. The molecule has 3 aliphatic heterocycles. The Labute approximate surface area is 226 Å². The van der Waals surface area contributed by atoms with E-state index in [1.165, 1.54) is 12.1 Å². The van der Waals surface area contributed by atoms with Crippen LogP contribution in [0.15, 0.2) is 48.5 Å². The Bertz CT molecular complexity index is 1500. The molecule has 1 saturated heterocycles. The van der Waals surface area contributed by atoms with Crippen molar-refractivity contribution in [3.8, 4) is 11.1 Å². The summed E-state index contributed by atoms with van der Waals surface area (Å²) in [6.07, 6.45) is 5.87. The van der Waals surface area contributed by atoms with Crippen molar-refractivity contribution in [1.29, 1.82) is 0 Å². The summed E-state index contributed by atoms with van der Waals surface area (Å²) >= 11 is 0. The van der Waals surface area contributed by atoms with Crippen molar-refractivity contribution < 1.29 is 18.8 Å². The van der Waals surface area contributed by atoms with Crippen LogP contribution in [0.1, 0.15) is 49.6 Å². The number of aromatic nitrogens is 1. The van der Waals surface area contributed by atoms with Crippen LogP contribution in [0.25, 0.3) is 22.8 Å². The standard InChI is InChI=1S/C31H31FN4O3/c1-19(37)35-14-11-20(12-15-35)31(39)36-13-3-2-9-26-28(36)18-23(33-26)17-25-29-24(21-6-4-7-22(32)16-21)8-5-10-27(29)34-30(25)38/h4-8,10,16-18,20,33H,2-3,9,11-15H2,1H3,(H,34,38). The van der Waals surface area contributed by atoms with E-state index in [2.05, 4.69) is 10.3 Å². The molecule has 6 rings (SSSR count). The maximum absolute atomic E-state index is 14.0. The fraction of sp³-hybridized carbons (Fsp3) is 0.323. The van der Waals surface area contributed by atoms with Crippen molar-refractivity contribution in [2.75, 3.05) is 29.9 Å². The van der Waals surface area contributed by atoms with Gasteiger partial charge >= 0.3 is 0 Å². The molecule has 0 bridgehead atoms. The van der Waals surface area contributed by atoms with Gasteiger partial charge in [0.2, 0.25) is 11.8 Å². The maximum atomic E-state index is 14.0. The number of piperidine rings is 1. The number of amides is 3. The monoisotopic (exact) mass is 526 g/mol. The molecule has 39 heavy (non-hydrogen) atoms. The number of aromatic amines is 1. The minimum Gasteiger partial charge on any atom is -0.357 e. The number of hydrogen-bond acceptors (Lipinski definition) is 3. The van der Waals surface area contributed by atoms with Crippen LogP contribution in [0.3, 0.4) is 0 Å². The Balaban J connectivity index is 1.33. The zero-order valence-corrected chi connectivity index (χ0v) is 21.9. The molecule has 0 aliphatic carbocycles. The summed E-state index contributed by atoms with van der Waals surface area (Å²) in [5.41, 5.74) is 6.01. The number of benzene rings is 2. The third-order valence-electron chi connectivity index (χ3n) is 8.06. The number of hydrogen-bond donors (Lipinski definition) is 2. The van der Waals surface area contributed by atoms with Gasteiger partial charge in [0.15, 0.2) is 0 Å². The topological polar surface area (TPSA) is 85.5 Å². The Hall–Kier alpha value is -4.20. The number of fused-ring (bicyclic) bond motifs is 2. The molecule has 0 radical (unpaired) electrons. The summed E-state index contributed by atoms with van der Waals surface area (Å²) in [5.74, 6) is -0.498. The van der Waals surface area contributed by atoms with Gasteiger partial charge in [-0.2, -0.15) is 0 Å². The van der Waals surface area contributed by atoms with Crippen molar-refractivity contribution in [3.05, 3.63) is 71.3 Å². The maximum Gasteiger partial charge on any atom is 0.256 e. The molecule has 3 aliphatic rings. The first-order valence-electron chi connectivity index (χ1n) is 13.6. The summed E-state index contributed by atoms with van der Waals surface area (Å²) in [6.45, 7) is 3.45. The summed E-state index contributed by atoms with van der Waals surface area (Å²) in [6, 6.07) is 13.9. The summed E-state index contributed by atoms with van der Waals surface area (Å²) in [4.78, 5) is 45.6. The molecular weight excluding hydrogens is 495 g/mol. The number of nitrogens with one attached hydrogen (secondary N) is 2. The molecule has 1 fully saturated rings. The molecule has 3 aromatic rings. The van der Waals surface area contributed by atoms with Crippen LogP contribution in [0.2, 0.25) is 0 Å². The number of halogens is 1. The number of likely N-dealkylation sites (tertiary alicyclic amines) is 1. The number of H-pyrrole nitrogens is 1. The molecular formula is C31H31FN4O3. The first-order chi connectivity index (χ1) is 18.9. The van der Waals surface area contributed by atoms with Gasteiger partial charge < -0.3 is 20.1 Å². The van der Waals surface area contributed by atoms with Gasteiger partial charge in [-0.1, -0.05) is 24.3 Å². The third-order valence-corrected chi connectivity index (χ3v) is 8.06. The molecule has 3 amide bonds. The van der Waals surface area contributed by atoms with Crippen LogP contribution >= 0.6 is 0 Å². The van der Waals surface area contributed by atoms with Gasteiger partial charge in [-0.3, -0.25) is 14.4 Å². The van der Waals surface area contributed by atoms with E-state index >= 15 is 0 Å². The zero-order chi connectivity index (χ0) is 27.1. The van der Waals surface area contributed by atoms with E-state index in [0.29, 0.717) is 49.3 Å². The highest BCUT2D eigenvalue weighted by Crippen LogP contribution is 2.41.